The Morgan fingerprint density at radius 1 is 1.33 bits per heavy atom. The summed E-state index contributed by atoms with van der Waals surface area (Å²) in [6.45, 7) is 7.10. The Hall–Kier alpha value is -0.653. The summed E-state index contributed by atoms with van der Waals surface area (Å²) in [7, 11) is -1.18. The number of esters is 1. The molecule has 0 spiro atoms. The van der Waals surface area contributed by atoms with Crippen LogP contribution in [0.4, 0.5) is 0 Å². The maximum atomic E-state index is 11.8. The highest BCUT2D eigenvalue weighted by atomic mass is 79.9. The molecule has 1 rings (SSSR count). The Morgan fingerprint density at radius 3 is 2.56 bits per heavy atom. The van der Waals surface area contributed by atoms with Crippen molar-refractivity contribution in [2.24, 2.45) is 0 Å². The first-order chi connectivity index (χ1) is 8.31. The molecule has 3 nitrogen and oxygen atoms in total. The first-order valence-corrected chi connectivity index (χ1v) is 10.4. The average molecular weight is 331 g/mol. The number of aliphatic hydroxyl groups excluding tert-OH is 1. The molecular weight excluding hydrogens is 312 g/mol. The van der Waals surface area contributed by atoms with E-state index in [1.807, 2.05) is 0 Å². The van der Waals surface area contributed by atoms with E-state index >= 15 is 0 Å². The molecule has 0 aliphatic carbocycles. The summed E-state index contributed by atoms with van der Waals surface area (Å²) in [4.78, 5) is 11.8. The van der Waals surface area contributed by atoms with Gasteiger partial charge in [-0.05, 0) is 29.8 Å². The summed E-state index contributed by atoms with van der Waals surface area (Å²) in [5.74, 6) is -0.329. The smallest absolute Gasteiger partial charge is 0.338 e. The first kappa shape index (κ1) is 15.4. The minimum atomic E-state index is -1.18. The third kappa shape index (κ3) is 5.33. The van der Waals surface area contributed by atoms with Crippen molar-refractivity contribution in [1.82, 2.24) is 0 Å². The van der Waals surface area contributed by atoms with Crippen LogP contribution in [0, 0.1) is 0 Å². The van der Waals surface area contributed by atoms with E-state index in [4.69, 9.17) is 9.84 Å². The zero-order valence-corrected chi connectivity index (χ0v) is 13.6. The van der Waals surface area contributed by atoms with Crippen molar-refractivity contribution in [3.05, 3.63) is 33.8 Å². The Kier molecular flexibility index (Phi) is 5.56. The second-order valence-electron chi connectivity index (χ2n) is 5.45. The number of ether oxygens (including phenoxy) is 1. The van der Waals surface area contributed by atoms with Crippen LogP contribution in [0.3, 0.4) is 0 Å². The monoisotopic (exact) mass is 330 g/mol. The molecule has 0 heterocycles. The van der Waals surface area contributed by atoms with Gasteiger partial charge in [0.15, 0.2) is 0 Å². The fourth-order valence-corrected chi connectivity index (χ4v) is 2.65. The highest BCUT2D eigenvalue weighted by Crippen LogP contribution is 2.17. The number of rotatable bonds is 5. The summed E-state index contributed by atoms with van der Waals surface area (Å²) in [6, 6.07) is 6.09. The van der Waals surface area contributed by atoms with Crippen LogP contribution in [-0.2, 0) is 11.3 Å². The third-order valence-electron chi connectivity index (χ3n) is 2.46. The summed E-state index contributed by atoms with van der Waals surface area (Å²) in [6.07, 6.45) is 0. The molecule has 0 saturated heterocycles. The predicted molar refractivity (Wildman–Crippen MR) is 78.5 cm³/mol. The van der Waals surface area contributed by atoms with E-state index < -0.39 is 8.07 Å². The molecule has 0 saturated carbocycles. The second kappa shape index (κ2) is 6.50. The summed E-state index contributed by atoms with van der Waals surface area (Å²) < 4.78 is 6.02. The van der Waals surface area contributed by atoms with Crippen LogP contribution in [-0.4, -0.2) is 25.8 Å². The maximum absolute atomic E-state index is 11.8. The molecule has 1 aromatic carbocycles. The Balaban J connectivity index is 2.64. The molecule has 0 bridgehead atoms. The molecular formula is C13H19BrO3Si. The van der Waals surface area contributed by atoms with Crippen molar-refractivity contribution >= 4 is 30.0 Å². The van der Waals surface area contributed by atoms with Gasteiger partial charge in [-0.3, -0.25) is 0 Å². The third-order valence-corrected chi connectivity index (χ3v) is 4.62. The lowest BCUT2D eigenvalue weighted by Gasteiger charge is -2.15. The van der Waals surface area contributed by atoms with E-state index in [0.717, 1.165) is 10.5 Å². The molecule has 0 radical (unpaired) electrons. The van der Waals surface area contributed by atoms with Crippen LogP contribution in [0.2, 0.25) is 25.7 Å². The molecule has 0 fully saturated rings. The minimum absolute atomic E-state index is 0.0887. The lowest BCUT2D eigenvalue weighted by Crippen LogP contribution is -2.22. The molecule has 0 aliphatic rings. The number of hydrogen-bond acceptors (Lipinski definition) is 3. The Labute approximate surface area is 117 Å². The van der Waals surface area contributed by atoms with Crippen molar-refractivity contribution < 1.29 is 14.6 Å². The minimum Gasteiger partial charge on any atom is -0.462 e. The van der Waals surface area contributed by atoms with E-state index in [1.165, 1.54) is 0 Å². The molecule has 0 unspecified atom stereocenters. The number of hydrogen-bond donors (Lipinski definition) is 1. The zero-order chi connectivity index (χ0) is 13.8. The topological polar surface area (TPSA) is 46.5 Å². The summed E-state index contributed by atoms with van der Waals surface area (Å²) in [5, 5.41) is 9.08. The molecule has 0 amide bonds. The highest BCUT2D eigenvalue weighted by molar-refractivity contribution is 9.10. The SMILES string of the molecule is C[Si](C)(C)CCOC(=O)c1cc(Br)cc(CO)c1. The van der Waals surface area contributed by atoms with Crippen LogP contribution in [0.15, 0.2) is 22.7 Å². The molecule has 0 atom stereocenters. The predicted octanol–water partition coefficient (Wildman–Crippen LogP) is 3.44. The fraction of sp³-hybridized carbons (Fsp3) is 0.462. The molecule has 1 N–H and O–H groups in total. The van der Waals surface area contributed by atoms with Gasteiger partial charge >= 0.3 is 5.97 Å². The van der Waals surface area contributed by atoms with Gasteiger partial charge in [0.1, 0.15) is 0 Å². The van der Waals surface area contributed by atoms with Crippen molar-refractivity contribution in [2.75, 3.05) is 6.61 Å². The molecule has 5 heteroatoms. The normalized spacial score (nSPS) is 11.4. The van der Waals surface area contributed by atoms with Gasteiger partial charge in [-0.25, -0.2) is 4.79 Å². The number of aliphatic hydroxyl groups is 1. The first-order valence-electron chi connectivity index (χ1n) is 5.89. The van der Waals surface area contributed by atoms with Gasteiger partial charge in [0, 0.05) is 12.5 Å². The van der Waals surface area contributed by atoms with Crippen molar-refractivity contribution in [3.8, 4) is 0 Å². The number of carbonyl (C=O) groups is 1. The fourth-order valence-electron chi connectivity index (χ4n) is 1.39. The van der Waals surface area contributed by atoms with Crippen LogP contribution in [0.1, 0.15) is 15.9 Å². The van der Waals surface area contributed by atoms with Gasteiger partial charge in [0.05, 0.1) is 18.8 Å². The standard InChI is InChI=1S/C13H19BrO3Si/c1-18(2,3)5-4-17-13(16)11-6-10(9-15)7-12(14)8-11/h6-8,15H,4-5,9H2,1-3H3. The summed E-state index contributed by atoms with van der Waals surface area (Å²) in [5.41, 5.74) is 1.17. The van der Waals surface area contributed by atoms with Crippen molar-refractivity contribution in [1.29, 1.82) is 0 Å². The molecule has 0 aromatic heterocycles. The Bertz CT molecular complexity index is 427. The second-order valence-corrected chi connectivity index (χ2v) is 12.0. The van der Waals surface area contributed by atoms with Crippen LogP contribution < -0.4 is 0 Å². The Morgan fingerprint density at radius 2 is 2.00 bits per heavy atom. The van der Waals surface area contributed by atoms with E-state index in [9.17, 15) is 4.79 Å². The van der Waals surface area contributed by atoms with Crippen LogP contribution in [0.25, 0.3) is 0 Å². The largest absolute Gasteiger partial charge is 0.462 e. The highest BCUT2D eigenvalue weighted by Gasteiger charge is 2.15. The van der Waals surface area contributed by atoms with Crippen molar-refractivity contribution in [3.63, 3.8) is 0 Å². The van der Waals surface area contributed by atoms with Crippen LogP contribution >= 0.6 is 15.9 Å². The van der Waals surface area contributed by atoms with E-state index in [2.05, 4.69) is 35.6 Å². The van der Waals surface area contributed by atoms with Gasteiger partial charge in [-0.1, -0.05) is 35.6 Å². The van der Waals surface area contributed by atoms with Gasteiger partial charge in [-0.2, -0.15) is 0 Å². The lowest BCUT2D eigenvalue weighted by atomic mass is 10.1. The quantitative estimate of drug-likeness (QED) is 0.664. The van der Waals surface area contributed by atoms with Crippen molar-refractivity contribution in [2.45, 2.75) is 32.3 Å². The molecule has 18 heavy (non-hydrogen) atoms. The lowest BCUT2D eigenvalue weighted by molar-refractivity contribution is 0.0525. The van der Waals surface area contributed by atoms with Gasteiger partial charge in [0.2, 0.25) is 0 Å². The van der Waals surface area contributed by atoms with E-state index in [1.54, 1.807) is 18.2 Å². The average Bonchev–Trinajstić information content (AvgIpc) is 2.26. The maximum Gasteiger partial charge on any atom is 0.338 e. The van der Waals surface area contributed by atoms with Gasteiger partial charge in [0.25, 0.3) is 0 Å². The van der Waals surface area contributed by atoms with Gasteiger partial charge < -0.3 is 9.84 Å². The van der Waals surface area contributed by atoms with E-state index in [0.29, 0.717) is 17.7 Å². The molecule has 100 valence electrons. The van der Waals surface area contributed by atoms with Crippen LogP contribution in [0.5, 0.6) is 0 Å². The van der Waals surface area contributed by atoms with Gasteiger partial charge in [-0.15, -0.1) is 0 Å². The molecule has 0 aliphatic heterocycles. The number of carbonyl (C=O) groups excluding carboxylic acids is 1. The van der Waals surface area contributed by atoms with E-state index in [-0.39, 0.29) is 12.6 Å². The molecule has 1 aromatic rings. The number of benzene rings is 1. The zero-order valence-electron chi connectivity index (χ0n) is 11.0. The number of halogens is 1. The summed E-state index contributed by atoms with van der Waals surface area (Å²) >= 11 is 3.31.